The zero-order valence-electron chi connectivity index (χ0n) is 9.10. The molecule has 0 aromatic heterocycles. The van der Waals surface area contributed by atoms with Crippen molar-refractivity contribution in [1.29, 1.82) is 10.8 Å². The molecule has 0 saturated heterocycles. The predicted molar refractivity (Wildman–Crippen MR) is 56.4 cm³/mol. The molecule has 1 aromatic carbocycles. The lowest BCUT2D eigenvalue weighted by Gasteiger charge is -2.06. The number of hydrogen-bond donors (Lipinski definition) is 1. The summed E-state index contributed by atoms with van der Waals surface area (Å²) in [5, 5.41) is 20.9. The van der Waals surface area contributed by atoms with Crippen LogP contribution in [0.25, 0.3) is 0 Å². The Bertz CT molecular complexity index is 425. The van der Waals surface area contributed by atoms with Crippen LogP contribution in [-0.4, -0.2) is 17.4 Å². The summed E-state index contributed by atoms with van der Waals surface area (Å²) in [4.78, 5) is 21.5. The van der Waals surface area contributed by atoms with Crippen molar-refractivity contribution in [1.82, 2.24) is 0 Å². The maximum Gasteiger partial charge on any atom is 0.335 e. The van der Waals surface area contributed by atoms with E-state index in [0.717, 1.165) is 11.1 Å². The van der Waals surface area contributed by atoms with Gasteiger partial charge in [-0.05, 0) is 30.5 Å². The number of aldehydes is 1. The predicted octanol–water partition coefficient (Wildman–Crippen LogP) is 2.10. The van der Waals surface area contributed by atoms with E-state index in [0.29, 0.717) is 18.3 Å². The second-order valence-electron chi connectivity index (χ2n) is 3.14. The summed E-state index contributed by atoms with van der Waals surface area (Å²) < 4.78 is 0. The monoisotopic (exact) mass is 220 g/mol. The summed E-state index contributed by atoms with van der Waals surface area (Å²) in [6.45, 7) is 3.69. The molecule has 0 radical (unpaired) electrons. The van der Waals surface area contributed by atoms with Crippen LogP contribution in [0.1, 0.15) is 38.8 Å². The average Bonchev–Trinajstić information content (AvgIpc) is 2.30. The number of aromatic carboxylic acids is 1. The Morgan fingerprint density at radius 3 is 2.38 bits per heavy atom. The number of carbonyl (C=O) groups is 2. The Labute approximate surface area is 93.1 Å². The number of carboxylic acid groups (broad SMARTS) is 1. The Morgan fingerprint density at radius 2 is 2.00 bits per heavy atom. The molecule has 0 bridgehead atoms. The highest BCUT2D eigenvalue weighted by Crippen LogP contribution is 2.16. The molecule has 0 unspecified atom stereocenters. The van der Waals surface area contributed by atoms with Gasteiger partial charge in [-0.15, -0.1) is 0 Å². The second kappa shape index (κ2) is 6.30. The summed E-state index contributed by atoms with van der Waals surface area (Å²) in [7, 11) is 0. The Kier molecular flexibility index (Phi) is 5.42. The molecule has 5 nitrogen and oxygen atoms in total. The molecule has 0 atom stereocenters. The first-order valence-corrected chi connectivity index (χ1v) is 4.62. The zero-order chi connectivity index (χ0) is 12.7. The van der Waals surface area contributed by atoms with E-state index in [4.69, 9.17) is 15.9 Å². The van der Waals surface area contributed by atoms with E-state index in [1.165, 1.54) is 6.07 Å². The summed E-state index contributed by atoms with van der Waals surface area (Å²) >= 11 is 0. The van der Waals surface area contributed by atoms with E-state index in [1.807, 2.05) is 6.92 Å². The van der Waals surface area contributed by atoms with Gasteiger partial charge in [-0.25, -0.2) is 4.79 Å². The second-order valence-corrected chi connectivity index (χ2v) is 3.14. The largest absolute Gasteiger partial charge is 0.478 e. The first-order valence-electron chi connectivity index (χ1n) is 4.62. The van der Waals surface area contributed by atoms with Crippen LogP contribution >= 0.6 is 0 Å². The highest BCUT2D eigenvalue weighted by molar-refractivity contribution is 5.92. The highest BCUT2D eigenvalue weighted by atomic mass is 16.4. The number of hydrogen-bond acceptors (Lipinski definition) is 4. The quantitative estimate of drug-likeness (QED) is 0.620. The molecule has 1 rings (SSSR count). The van der Waals surface area contributed by atoms with Crippen LogP contribution in [0.5, 0.6) is 0 Å². The van der Waals surface area contributed by atoms with Crippen LogP contribution in [-0.2, 0) is 6.42 Å². The number of carbonyl (C=O) groups excluding carboxylic acids is 1. The van der Waals surface area contributed by atoms with Crippen molar-refractivity contribution in [3.8, 4) is 0 Å². The van der Waals surface area contributed by atoms with Crippen LogP contribution < -0.4 is 0 Å². The third-order valence-corrected chi connectivity index (χ3v) is 2.23. The first kappa shape index (κ1) is 13.8. The van der Waals surface area contributed by atoms with Crippen molar-refractivity contribution in [3.05, 3.63) is 34.4 Å². The molecule has 16 heavy (non-hydrogen) atoms. The van der Waals surface area contributed by atoms with E-state index < -0.39 is 5.97 Å². The van der Waals surface area contributed by atoms with Gasteiger partial charge >= 0.3 is 5.97 Å². The Morgan fingerprint density at radius 1 is 1.44 bits per heavy atom. The number of carboxylic acids is 1. The van der Waals surface area contributed by atoms with E-state index in [9.17, 15) is 9.59 Å². The lowest BCUT2D eigenvalue weighted by atomic mass is 9.98. The van der Waals surface area contributed by atoms with Crippen LogP contribution in [0.4, 0.5) is 0 Å². The van der Waals surface area contributed by atoms with Gasteiger partial charge in [0, 0.05) is 16.3 Å². The lowest BCUT2D eigenvalue weighted by Crippen LogP contribution is -2.04. The number of aryl methyl sites for hydroxylation is 2. The normalized spacial score (nSPS) is 8.75. The molecule has 0 aliphatic heterocycles. The molecule has 1 N–H and O–H groups in total. The van der Waals surface area contributed by atoms with Crippen molar-refractivity contribution in [2.45, 2.75) is 20.3 Å². The van der Waals surface area contributed by atoms with Gasteiger partial charge in [-0.2, -0.15) is 0 Å². The third-order valence-electron chi connectivity index (χ3n) is 2.23. The number of nitrogens with zero attached hydrogens (tertiary/aromatic N) is 2. The van der Waals surface area contributed by atoms with Gasteiger partial charge in [0.25, 0.3) is 0 Å². The summed E-state index contributed by atoms with van der Waals surface area (Å²) in [6.07, 6.45) is 1.34. The maximum absolute atomic E-state index is 10.8. The number of benzene rings is 1. The van der Waals surface area contributed by atoms with E-state index in [-0.39, 0.29) is 5.56 Å². The molecule has 1 aromatic rings. The van der Waals surface area contributed by atoms with Crippen molar-refractivity contribution in [2.75, 3.05) is 0 Å². The van der Waals surface area contributed by atoms with Gasteiger partial charge in [0.15, 0.2) is 0 Å². The molecule has 0 aliphatic rings. The minimum Gasteiger partial charge on any atom is -0.478 e. The molecule has 0 spiro atoms. The fourth-order valence-corrected chi connectivity index (χ4v) is 1.40. The van der Waals surface area contributed by atoms with Crippen molar-refractivity contribution < 1.29 is 14.7 Å². The fourth-order valence-electron chi connectivity index (χ4n) is 1.40. The molecule has 84 valence electrons. The van der Waals surface area contributed by atoms with Gasteiger partial charge in [-0.3, -0.25) is 4.79 Å². The molecule has 0 aliphatic carbocycles. The van der Waals surface area contributed by atoms with E-state index in [2.05, 4.69) is 0 Å². The van der Waals surface area contributed by atoms with Crippen LogP contribution in [0.3, 0.4) is 0 Å². The maximum atomic E-state index is 10.8. The van der Waals surface area contributed by atoms with Crippen LogP contribution in [0.15, 0.2) is 12.1 Å². The molecule has 0 saturated carbocycles. The SMILES string of the molecule is CCc1cc(C)c(C=O)cc1C(=O)O.N#N. The average molecular weight is 220 g/mol. The van der Waals surface area contributed by atoms with Crippen molar-refractivity contribution in [2.24, 2.45) is 0 Å². The van der Waals surface area contributed by atoms with Gasteiger partial charge in [0.1, 0.15) is 6.29 Å². The minimum absolute atomic E-state index is 0.222. The Balaban J connectivity index is 0.00000106. The van der Waals surface area contributed by atoms with Gasteiger partial charge in [-0.1, -0.05) is 13.0 Å². The van der Waals surface area contributed by atoms with Gasteiger partial charge in [0.05, 0.1) is 5.56 Å². The molecular formula is C11H12N2O3. The van der Waals surface area contributed by atoms with E-state index in [1.54, 1.807) is 13.0 Å². The molecular weight excluding hydrogens is 208 g/mol. The first-order chi connectivity index (χ1) is 7.60. The number of rotatable bonds is 3. The van der Waals surface area contributed by atoms with Gasteiger partial charge in [0.2, 0.25) is 0 Å². The van der Waals surface area contributed by atoms with Crippen LogP contribution in [0, 0.1) is 17.7 Å². The lowest BCUT2D eigenvalue weighted by molar-refractivity contribution is 0.0695. The standard InChI is InChI=1S/C11H12O3.N2/c1-3-8-4-7(2)9(6-12)5-10(8)11(13)14;1-2/h4-6H,3H2,1-2H3,(H,13,14);. The fraction of sp³-hybridized carbons (Fsp3) is 0.273. The molecule has 0 heterocycles. The minimum atomic E-state index is -0.982. The summed E-state index contributed by atoms with van der Waals surface area (Å²) in [5.41, 5.74) is 2.25. The highest BCUT2D eigenvalue weighted by Gasteiger charge is 2.11. The molecule has 5 heteroatoms. The topological polar surface area (TPSA) is 102 Å². The molecule has 0 amide bonds. The zero-order valence-corrected chi connectivity index (χ0v) is 9.10. The Hall–Kier alpha value is -2.22. The van der Waals surface area contributed by atoms with Crippen LogP contribution in [0.2, 0.25) is 0 Å². The van der Waals surface area contributed by atoms with Crippen molar-refractivity contribution >= 4 is 12.3 Å². The third kappa shape index (κ3) is 2.89. The van der Waals surface area contributed by atoms with E-state index >= 15 is 0 Å². The smallest absolute Gasteiger partial charge is 0.335 e. The summed E-state index contributed by atoms with van der Waals surface area (Å²) in [6, 6.07) is 3.19. The molecule has 0 fully saturated rings. The summed E-state index contributed by atoms with van der Waals surface area (Å²) in [5.74, 6) is -0.982. The van der Waals surface area contributed by atoms with Gasteiger partial charge < -0.3 is 5.11 Å². The van der Waals surface area contributed by atoms with Crippen molar-refractivity contribution in [3.63, 3.8) is 0 Å².